The number of hydrogen-bond acceptors (Lipinski definition) is 11. The molecule has 57 heavy (non-hydrogen) atoms. The van der Waals surface area contributed by atoms with Gasteiger partial charge < -0.3 is 23.8 Å². The molecule has 4 heterocycles. The number of benzene rings is 3. The van der Waals surface area contributed by atoms with Crippen LogP contribution in [0.15, 0.2) is 47.2 Å². The number of nitro groups is 1. The third-order valence-corrected chi connectivity index (χ3v) is 15.1. The van der Waals surface area contributed by atoms with Crippen LogP contribution < -0.4 is 23.8 Å². The van der Waals surface area contributed by atoms with Gasteiger partial charge in [0.25, 0.3) is 5.69 Å². The molecule has 296 valence electrons. The van der Waals surface area contributed by atoms with Gasteiger partial charge in [0.05, 0.1) is 36.5 Å². The Morgan fingerprint density at radius 3 is 1.77 bits per heavy atom. The van der Waals surface area contributed by atoms with E-state index in [2.05, 4.69) is 0 Å². The molecule has 1 unspecified atom stereocenters. The zero-order chi connectivity index (χ0) is 40.3. The summed E-state index contributed by atoms with van der Waals surface area (Å²) in [5, 5.41) is 16.5. The largest absolute Gasteiger partial charge is 0.524 e. The molecule has 2 bridgehead atoms. The molecule has 3 aromatic carbocycles. The molecular weight excluding hydrogens is 840 g/mol. The summed E-state index contributed by atoms with van der Waals surface area (Å²) in [6.45, 7) is 4.41. The number of fused-ring (bicyclic) bond motifs is 6. The first-order valence-electron chi connectivity index (χ1n) is 17.8. The highest BCUT2D eigenvalue weighted by Crippen LogP contribution is 2.75. The number of carbonyl (C=O) groups excluding carboxylic acids is 3. The van der Waals surface area contributed by atoms with Gasteiger partial charge in [-0.05, 0) is 78.3 Å². The van der Waals surface area contributed by atoms with E-state index >= 15 is 0 Å². The minimum absolute atomic E-state index is 0.00748. The lowest BCUT2D eigenvalue weighted by atomic mass is 9.34. The van der Waals surface area contributed by atoms with Gasteiger partial charge in [0.2, 0.25) is 11.8 Å². The topological polar surface area (TPSA) is 186 Å². The Morgan fingerprint density at radius 1 is 0.842 bits per heavy atom. The summed E-state index contributed by atoms with van der Waals surface area (Å²) in [5.74, 6) is -0.0518. The average Bonchev–Trinajstić information content (AvgIpc) is 3.89. The summed E-state index contributed by atoms with van der Waals surface area (Å²) in [6, 6.07) is 8.17. The second-order valence-electron chi connectivity index (χ2n) is 15.3. The lowest BCUT2D eigenvalue weighted by Gasteiger charge is -2.69. The molecule has 2 aliphatic heterocycles. The monoisotopic (exact) mass is 871 g/mol. The highest BCUT2D eigenvalue weighted by molar-refractivity contribution is 7.46. The number of alkyl halides is 2. The fraction of sp³-hybridized carbons (Fsp3) is 0.342. The van der Waals surface area contributed by atoms with Crippen LogP contribution in [0.2, 0.25) is 0 Å². The number of aryl methyl sites for hydroxylation is 2. The van der Waals surface area contributed by atoms with Crippen molar-refractivity contribution in [3.8, 4) is 17.2 Å². The lowest BCUT2D eigenvalue weighted by Crippen LogP contribution is -2.73. The number of non-ortho nitro benzene ring substituents is 1. The van der Waals surface area contributed by atoms with E-state index < -0.39 is 29.7 Å². The minimum atomic E-state index is -4.92. The van der Waals surface area contributed by atoms with Crippen molar-refractivity contribution >= 4 is 109 Å². The Morgan fingerprint density at radius 2 is 1.32 bits per heavy atom. The number of anilines is 2. The molecule has 2 aromatic heterocycles. The number of nitrogens with zero attached hydrogens (tertiary/aromatic N) is 3. The van der Waals surface area contributed by atoms with E-state index in [9.17, 15) is 38.8 Å². The molecule has 5 aliphatic rings. The van der Waals surface area contributed by atoms with Gasteiger partial charge in [-0.3, -0.25) is 29.5 Å². The highest BCUT2D eigenvalue weighted by atomic mass is 35.5. The van der Waals surface area contributed by atoms with E-state index in [1.807, 2.05) is 24.6 Å². The number of halogens is 2. The molecule has 0 spiro atoms. The molecule has 2 amide bonds. The molecule has 19 heteroatoms. The van der Waals surface area contributed by atoms with E-state index in [1.54, 1.807) is 15.9 Å². The second-order valence-corrected chi connectivity index (χ2v) is 18.8. The lowest BCUT2D eigenvalue weighted by molar-refractivity contribution is -0.384. The number of amides is 2. The Balaban J connectivity index is 0.985. The fourth-order valence-corrected chi connectivity index (χ4v) is 12.4. The predicted molar refractivity (Wildman–Crippen MR) is 216 cm³/mol. The quantitative estimate of drug-likeness (QED) is 0.0360. The Hall–Kier alpha value is -4.28. The Kier molecular flexibility index (Phi) is 8.98. The van der Waals surface area contributed by atoms with Crippen molar-refractivity contribution < 1.29 is 47.7 Å². The van der Waals surface area contributed by atoms with Crippen LogP contribution in [0.4, 0.5) is 21.9 Å². The number of phosphoric ester groups is 1. The molecule has 2 atom stereocenters. The number of nitro benzene ring substituents is 1. The van der Waals surface area contributed by atoms with Crippen LogP contribution in [-0.4, -0.2) is 57.5 Å². The van der Waals surface area contributed by atoms with E-state index in [1.165, 1.54) is 53.0 Å². The Bertz CT molecular complexity index is 2620. The summed E-state index contributed by atoms with van der Waals surface area (Å²) in [6.07, 6.45) is -0.0931. The highest BCUT2D eigenvalue weighted by Gasteiger charge is 2.76. The van der Waals surface area contributed by atoms with Crippen LogP contribution in [0.1, 0.15) is 53.4 Å². The summed E-state index contributed by atoms with van der Waals surface area (Å²) < 4.78 is 29.4. The average molecular weight is 873 g/mol. The van der Waals surface area contributed by atoms with Crippen molar-refractivity contribution in [2.45, 2.75) is 44.9 Å². The smallest absolute Gasteiger partial charge is 0.403 e. The second kappa shape index (κ2) is 13.4. The molecule has 3 fully saturated rings. The van der Waals surface area contributed by atoms with Crippen molar-refractivity contribution in [3.05, 3.63) is 79.5 Å². The molecular formula is C38H32Cl2N3O11PS2. The fourth-order valence-electron chi connectivity index (χ4n) is 9.37. The van der Waals surface area contributed by atoms with Crippen molar-refractivity contribution in [2.24, 2.45) is 10.8 Å². The van der Waals surface area contributed by atoms with E-state index in [0.29, 0.717) is 46.6 Å². The van der Waals surface area contributed by atoms with Gasteiger partial charge >= 0.3 is 14.0 Å². The first-order valence-corrected chi connectivity index (χ1v) is 22.2. The molecule has 3 aliphatic carbocycles. The van der Waals surface area contributed by atoms with Gasteiger partial charge in [-0.25, -0.2) is 9.36 Å². The number of rotatable bonds is 9. The van der Waals surface area contributed by atoms with Gasteiger partial charge in [-0.1, -0.05) is 0 Å². The third kappa shape index (κ3) is 5.94. The summed E-state index contributed by atoms with van der Waals surface area (Å²) in [7, 11) is -4.92. The predicted octanol–water partition coefficient (Wildman–Crippen LogP) is 8.90. The first kappa shape index (κ1) is 38.2. The minimum Gasteiger partial charge on any atom is -0.403 e. The number of carbonyl (C=O) groups is 3. The summed E-state index contributed by atoms with van der Waals surface area (Å²) in [4.78, 5) is 75.3. The zero-order valence-electron chi connectivity index (χ0n) is 30.2. The molecule has 2 N–H and O–H groups in total. The van der Waals surface area contributed by atoms with E-state index in [0.717, 1.165) is 33.0 Å². The normalized spacial score (nSPS) is 23.2. The van der Waals surface area contributed by atoms with Gasteiger partial charge in [0.15, 0.2) is 11.5 Å². The van der Waals surface area contributed by atoms with Crippen LogP contribution >= 0.6 is 53.7 Å². The SMILES string of the molecule is Cc1csc2c(OC(=O)Oc3ccc([N+](=O)[O-])cc3)cc3c(c12)C(CCl)CN3C(=O)C12CC(C(=O)N3C[C@@H](CCl)c4c3cc(OP(=O)(O)O)c3scc(C)c43)(C1)C2. The van der Waals surface area contributed by atoms with Gasteiger partial charge in [0.1, 0.15) is 5.75 Å². The zero-order valence-corrected chi connectivity index (χ0v) is 34.2. The first-order chi connectivity index (χ1) is 27.1. The van der Waals surface area contributed by atoms with E-state index in [4.69, 9.17) is 37.2 Å². The van der Waals surface area contributed by atoms with Crippen molar-refractivity contribution in [1.29, 1.82) is 0 Å². The van der Waals surface area contributed by atoms with Crippen LogP contribution in [0.3, 0.4) is 0 Å². The van der Waals surface area contributed by atoms with Crippen LogP contribution in [-0.2, 0) is 14.2 Å². The molecule has 0 saturated heterocycles. The van der Waals surface area contributed by atoms with E-state index in [-0.39, 0.29) is 64.9 Å². The standard InChI is InChI=1S/C38H32Cl2N3O11PS2/c1-18-13-56-32-26(53-36(46)52-23-5-3-22(4-6-23)43(47)48)7-24-30(28(18)32)20(9-39)11-41(24)34(44)37-15-38(16-37,17-37)35(45)42-12-21(10-40)31-25(42)8-27(54-55(49,50)51)33-29(31)19(2)14-57-33/h3-8,13-14,20-21H,9-12,15-17H2,1-2H3,(H2,49,50,51)/t20?,21-,37?,38?/m1/s1. The van der Waals surface area contributed by atoms with Gasteiger partial charge in [0, 0.05) is 71.7 Å². The number of hydrogen-bond donors (Lipinski definition) is 2. The third-order valence-electron chi connectivity index (χ3n) is 11.7. The number of phosphoric acid groups is 1. The molecule has 14 nitrogen and oxygen atoms in total. The number of thiophene rings is 2. The maximum absolute atomic E-state index is 14.6. The van der Waals surface area contributed by atoms with Crippen molar-refractivity contribution in [3.63, 3.8) is 0 Å². The van der Waals surface area contributed by atoms with Gasteiger partial charge in [-0.2, -0.15) is 0 Å². The Labute approximate surface area is 342 Å². The summed E-state index contributed by atoms with van der Waals surface area (Å²) in [5.41, 5.74) is 2.84. The number of ether oxygens (including phenoxy) is 2. The molecule has 5 aromatic rings. The molecule has 3 saturated carbocycles. The summed E-state index contributed by atoms with van der Waals surface area (Å²) >= 11 is 15.7. The van der Waals surface area contributed by atoms with Crippen LogP contribution in [0, 0.1) is 34.8 Å². The molecule has 0 radical (unpaired) electrons. The molecule has 10 rings (SSSR count). The van der Waals surface area contributed by atoms with Crippen molar-refractivity contribution in [1.82, 2.24) is 0 Å². The maximum atomic E-state index is 14.6. The maximum Gasteiger partial charge on any atom is 0.524 e. The van der Waals surface area contributed by atoms with Gasteiger partial charge in [-0.15, -0.1) is 45.9 Å². The van der Waals surface area contributed by atoms with Crippen LogP contribution in [0.25, 0.3) is 20.2 Å². The van der Waals surface area contributed by atoms with Crippen molar-refractivity contribution in [2.75, 3.05) is 34.6 Å². The van der Waals surface area contributed by atoms with Crippen LogP contribution in [0.5, 0.6) is 17.2 Å².